The molecule has 1 aromatic carbocycles. The van der Waals surface area contributed by atoms with Crippen LogP contribution >= 0.6 is 11.8 Å². The molecule has 0 radical (unpaired) electrons. The van der Waals surface area contributed by atoms with Crippen LogP contribution < -0.4 is 16.1 Å². The number of rotatable bonds is 4. The predicted molar refractivity (Wildman–Crippen MR) is 93.2 cm³/mol. The summed E-state index contributed by atoms with van der Waals surface area (Å²) in [5.41, 5.74) is 11.9. The number of benzene rings is 1. The summed E-state index contributed by atoms with van der Waals surface area (Å²) in [7, 11) is -0.944. The van der Waals surface area contributed by atoms with Gasteiger partial charge < -0.3 is 31.0 Å². The van der Waals surface area contributed by atoms with Gasteiger partial charge in [-0.3, -0.25) is 0 Å². The molecule has 0 amide bonds. The minimum atomic E-state index is -1.08. The van der Waals surface area contributed by atoms with Gasteiger partial charge in [0, 0.05) is 10.7 Å². The summed E-state index contributed by atoms with van der Waals surface area (Å²) in [6.45, 7) is 0.818. The Kier molecular flexibility index (Phi) is 4.05. The minimum Gasteiger partial charge on any atom is -0.535 e. The van der Waals surface area contributed by atoms with Gasteiger partial charge in [0.1, 0.15) is 11.3 Å². The number of hydrogen-bond donors (Lipinski definition) is 4. The molecule has 3 aliphatic rings. The van der Waals surface area contributed by atoms with Gasteiger partial charge in [0.15, 0.2) is 5.96 Å². The molecule has 2 fully saturated rings. The number of hydrogen-bond acceptors (Lipinski definition) is 6. The molecule has 25 heavy (non-hydrogen) atoms. The molecule has 0 unspecified atom stereocenters. The number of fused-ring (bicyclic) bond motifs is 3. The summed E-state index contributed by atoms with van der Waals surface area (Å²) in [6, 6.07) is 3.47. The first-order valence-corrected chi connectivity index (χ1v) is 8.91. The van der Waals surface area contributed by atoms with Crippen LogP contribution in [0.3, 0.4) is 0 Å². The monoisotopic (exact) mass is 363 g/mol. The highest BCUT2D eigenvalue weighted by Gasteiger charge is 2.54. The van der Waals surface area contributed by atoms with E-state index in [0.29, 0.717) is 18.1 Å². The van der Waals surface area contributed by atoms with Gasteiger partial charge in [0.05, 0.1) is 24.5 Å². The molecule has 1 saturated heterocycles. The number of carbonyl (C=O) groups is 1. The molecule has 1 aliphatic carbocycles. The number of aromatic carboxylic acids is 1. The van der Waals surface area contributed by atoms with Crippen LogP contribution in [-0.4, -0.2) is 53.7 Å². The van der Waals surface area contributed by atoms with Crippen LogP contribution in [0.1, 0.15) is 28.3 Å². The Balaban J connectivity index is 1.67. The second kappa shape index (κ2) is 6.12. The summed E-state index contributed by atoms with van der Waals surface area (Å²) in [5.74, 6) is -0.567. The van der Waals surface area contributed by atoms with Crippen molar-refractivity contribution in [3.05, 3.63) is 23.3 Å². The van der Waals surface area contributed by atoms with E-state index in [9.17, 15) is 14.9 Å². The molecule has 1 saturated carbocycles. The summed E-state index contributed by atoms with van der Waals surface area (Å²) in [4.78, 5) is 16.6. The fourth-order valence-electron chi connectivity index (χ4n) is 3.51. The van der Waals surface area contributed by atoms with Crippen LogP contribution in [0.5, 0.6) is 5.75 Å². The topological polar surface area (TPSA) is 140 Å². The van der Waals surface area contributed by atoms with Crippen LogP contribution in [-0.2, 0) is 4.74 Å². The molecule has 132 valence electrons. The van der Waals surface area contributed by atoms with Crippen molar-refractivity contribution in [2.75, 3.05) is 13.2 Å². The highest BCUT2D eigenvalue weighted by Crippen LogP contribution is 2.60. The van der Waals surface area contributed by atoms with Crippen LogP contribution in [0, 0.1) is 0 Å². The maximum Gasteiger partial charge on any atom is 0.526 e. The lowest BCUT2D eigenvalue weighted by Crippen LogP contribution is -2.29. The van der Waals surface area contributed by atoms with Crippen molar-refractivity contribution in [2.24, 2.45) is 16.5 Å². The van der Waals surface area contributed by atoms with Gasteiger partial charge in [-0.2, -0.15) is 0 Å². The number of carboxylic acid groups (broad SMARTS) is 1. The first-order valence-electron chi connectivity index (χ1n) is 8.03. The number of thioether (sulfide) groups is 1. The van der Waals surface area contributed by atoms with Crippen molar-refractivity contribution in [1.29, 1.82) is 0 Å². The zero-order valence-corrected chi connectivity index (χ0v) is 14.1. The average molecular weight is 363 g/mol. The molecular formula is C15H18BN3O5S. The van der Waals surface area contributed by atoms with Gasteiger partial charge in [0.25, 0.3) is 0 Å². The summed E-state index contributed by atoms with van der Waals surface area (Å²) >= 11 is 1.36. The highest BCUT2D eigenvalue weighted by atomic mass is 32.2. The first-order chi connectivity index (χ1) is 12.0. The first kappa shape index (κ1) is 16.6. The molecule has 10 heteroatoms. The van der Waals surface area contributed by atoms with Crippen molar-refractivity contribution in [3.63, 3.8) is 0 Å². The molecule has 0 spiro atoms. The largest absolute Gasteiger partial charge is 0.535 e. The fraction of sp³-hybridized carbons (Fsp3) is 0.467. The molecule has 0 aromatic heterocycles. The molecular weight excluding hydrogens is 345 g/mol. The van der Waals surface area contributed by atoms with Crippen LogP contribution in [0.4, 0.5) is 0 Å². The lowest BCUT2D eigenvalue weighted by molar-refractivity contribution is 0.0690. The molecule has 6 N–H and O–H groups in total. The van der Waals surface area contributed by atoms with Gasteiger partial charge in [-0.15, -0.1) is 11.8 Å². The average Bonchev–Trinajstić information content (AvgIpc) is 3.24. The quantitative estimate of drug-likeness (QED) is 0.339. The third kappa shape index (κ3) is 2.94. The normalized spacial score (nSPS) is 29.4. The zero-order valence-electron chi connectivity index (χ0n) is 13.3. The highest BCUT2D eigenvalue weighted by molar-refractivity contribution is 8.00. The van der Waals surface area contributed by atoms with Gasteiger partial charge in [-0.25, -0.2) is 9.79 Å². The lowest BCUT2D eigenvalue weighted by atomic mass is 9.77. The fourth-order valence-corrected chi connectivity index (χ4v) is 4.74. The molecule has 2 heterocycles. The number of carboxylic acids is 1. The van der Waals surface area contributed by atoms with Gasteiger partial charge in [-0.1, -0.05) is 6.07 Å². The van der Waals surface area contributed by atoms with Crippen molar-refractivity contribution in [2.45, 2.75) is 34.3 Å². The van der Waals surface area contributed by atoms with E-state index in [2.05, 4.69) is 4.99 Å². The molecule has 0 bridgehead atoms. The van der Waals surface area contributed by atoms with E-state index in [1.165, 1.54) is 11.8 Å². The van der Waals surface area contributed by atoms with Crippen molar-refractivity contribution >= 4 is 30.8 Å². The molecule has 2 aliphatic heterocycles. The van der Waals surface area contributed by atoms with E-state index < -0.39 is 13.1 Å². The Morgan fingerprint density at radius 2 is 2.16 bits per heavy atom. The van der Waals surface area contributed by atoms with E-state index in [4.69, 9.17) is 20.9 Å². The SMILES string of the molecule is NC(N)=N[C@H]1COC[C@H]1Sc1ccc2c(c1C(=O)O)OB(O)[C@@H]1C[C@H]21. The number of ether oxygens (including phenoxy) is 1. The van der Waals surface area contributed by atoms with Crippen molar-refractivity contribution in [1.82, 2.24) is 0 Å². The van der Waals surface area contributed by atoms with Crippen LogP contribution in [0.15, 0.2) is 22.0 Å². The Labute approximate surface area is 148 Å². The molecule has 8 nitrogen and oxygen atoms in total. The van der Waals surface area contributed by atoms with Gasteiger partial charge in [-0.05, 0) is 24.0 Å². The maximum atomic E-state index is 11.9. The van der Waals surface area contributed by atoms with E-state index in [0.717, 1.165) is 12.0 Å². The summed E-state index contributed by atoms with van der Waals surface area (Å²) in [5, 5.41) is 19.6. The summed E-state index contributed by atoms with van der Waals surface area (Å²) < 4.78 is 11.0. The molecule has 4 rings (SSSR count). The molecule has 1 aromatic rings. The van der Waals surface area contributed by atoms with Crippen LogP contribution in [0.25, 0.3) is 0 Å². The smallest absolute Gasteiger partial charge is 0.526 e. The maximum absolute atomic E-state index is 11.9. The van der Waals surface area contributed by atoms with E-state index in [1.54, 1.807) is 6.07 Å². The predicted octanol–water partition coefficient (Wildman–Crippen LogP) is 0.248. The Morgan fingerprint density at radius 3 is 2.88 bits per heavy atom. The third-order valence-electron chi connectivity index (χ3n) is 4.80. The second-order valence-corrected chi connectivity index (χ2v) is 7.77. The van der Waals surface area contributed by atoms with Crippen molar-refractivity contribution in [3.8, 4) is 5.75 Å². The van der Waals surface area contributed by atoms with Crippen molar-refractivity contribution < 1.29 is 24.3 Å². The van der Waals surface area contributed by atoms with Crippen LogP contribution in [0.2, 0.25) is 5.82 Å². The summed E-state index contributed by atoms with van der Waals surface area (Å²) in [6.07, 6.45) is 0.822. The Morgan fingerprint density at radius 1 is 1.36 bits per heavy atom. The number of nitrogens with zero attached hydrogens (tertiary/aromatic N) is 1. The van der Waals surface area contributed by atoms with Gasteiger partial charge in [0.2, 0.25) is 0 Å². The Hall–Kier alpha value is -1.91. The number of guanidine groups is 1. The lowest BCUT2D eigenvalue weighted by Gasteiger charge is -2.23. The number of aliphatic imine (C=N–C) groups is 1. The van der Waals surface area contributed by atoms with E-state index in [-0.39, 0.29) is 40.3 Å². The Bertz CT molecular complexity index is 757. The van der Waals surface area contributed by atoms with Gasteiger partial charge >= 0.3 is 13.1 Å². The second-order valence-electron chi connectivity index (χ2n) is 6.49. The number of nitrogens with two attached hydrogens (primary N) is 2. The third-order valence-corrected chi connectivity index (χ3v) is 6.15. The minimum absolute atomic E-state index is 0.0174. The molecule has 4 atom stereocenters. The van der Waals surface area contributed by atoms with E-state index in [1.807, 2.05) is 6.07 Å². The standard InChI is InChI=1S/C15H18BN3O5S/c17-15(18)19-9-4-23-5-11(9)25-10-2-1-6-7-3-8(7)16(22)24-13(6)12(10)14(20)21/h1-2,7-9,11,22H,3-5H2,(H,20,21)(H4,17,18,19)/t7-,8-,9+,11-/m1/s1. The zero-order chi connectivity index (χ0) is 17.7. The van der Waals surface area contributed by atoms with E-state index >= 15 is 0 Å².